The van der Waals surface area contributed by atoms with Crippen molar-refractivity contribution in [2.45, 2.75) is 52.1 Å². The lowest BCUT2D eigenvalue weighted by atomic mass is 9.75. The van der Waals surface area contributed by atoms with Gasteiger partial charge in [0, 0.05) is 26.2 Å². The Labute approximate surface area is 133 Å². The van der Waals surface area contributed by atoms with E-state index in [9.17, 15) is 0 Å². The van der Waals surface area contributed by atoms with Crippen LogP contribution in [0.15, 0.2) is 0 Å². The van der Waals surface area contributed by atoms with Gasteiger partial charge in [0.05, 0.1) is 6.54 Å². The summed E-state index contributed by atoms with van der Waals surface area (Å²) < 4.78 is 0. The average molecular weight is 304 g/mol. The smallest absolute Gasteiger partial charge is 0.229 e. The van der Waals surface area contributed by atoms with E-state index in [4.69, 9.17) is 5.73 Å². The molecule has 2 fully saturated rings. The highest BCUT2D eigenvalue weighted by Crippen LogP contribution is 2.53. The number of hydrogen-bond acceptors (Lipinski definition) is 6. The van der Waals surface area contributed by atoms with E-state index in [1.807, 2.05) is 19.0 Å². The van der Waals surface area contributed by atoms with Gasteiger partial charge in [0.2, 0.25) is 11.9 Å². The molecule has 122 valence electrons. The quantitative estimate of drug-likeness (QED) is 0.920. The van der Waals surface area contributed by atoms with Crippen LogP contribution in [0, 0.1) is 11.3 Å². The summed E-state index contributed by atoms with van der Waals surface area (Å²) in [6.45, 7) is 8.99. The normalized spacial score (nSPS) is 30.5. The molecule has 22 heavy (non-hydrogen) atoms. The van der Waals surface area contributed by atoms with Crippen LogP contribution in [0.2, 0.25) is 0 Å². The topological polar surface area (TPSA) is 71.2 Å². The zero-order chi connectivity index (χ0) is 16.1. The van der Waals surface area contributed by atoms with Gasteiger partial charge in [-0.2, -0.15) is 15.0 Å². The zero-order valence-corrected chi connectivity index (χ0v) is 14.4. The number of anilines is 2. The molecule has 2 bridgehead atoms. The lowest BCUT2D eigenvalue weighted by Gasteiger charge is -2.50. The van der Waals surface area contributed by atoms with E-state index in [1.165, 1.54) is 19.3 Å². The van der Waals surface area contributed by atoms with Crippen LogP contribution < -0.4 is 10.6 Å². The lowest BCUT2D eigenvalue weighted by Crippen LogP contribution is -2.55. The maximum Gasteiger partial charge on any atom is 0.229 e. The van der Waals surface area contributed by atoms with Crippen LogP contribution in [-0.2, 0) is 6.54 Å². The van der Waals surface area contributed by atoms with Gasteiger partial charge in [0.25, 0.3) is 0 Å². The van der Waals surface area contributed by atoms with Crippen LogP contribution in [0.25, 0.3) is 0 Å². The van der Waals surface area contributed by atoms with Crippen molar-refractivity contribution in [3.05, 3.63) is 5.82 Å². The lowest BCUT2D eigenvalue weighted by molar-refractivity contribution is -0.0147. The molecule has 1 saturated carbocycles. The highest BCUT2D eigenvalue weighted by molar-refractivity contribution is 5.32. The Morgan fingerprint density at radius 1 is 1.23 bits per heavy atom. The molecule has 0 radical (unpaired) electrons. The number of rotatable bonds is 3. The fourth-order valence-corrected chi connectivity index (χ4v) is 4.12. The second kappa shape index (κ2) is 5.05. The molecule has 0 spiro atoms. The number of fused-ring (bicyclic) bond motifs is 2. The van der Waals surface area contributed by atoms with Crippen molar-refractivity contribution in [2.75, 3.05) is 31.3 Å². The van der Waals surface area contributed by atoms with Crippen LogP contribution in [-0.4, -0.2) is 46.0 Å². The van der Waals surface area contributed by atoms with E-state index in [-0.39, 0.29) is 5.54 Å². The Morgan fingerprint density at radius 3 is 2.64 bits per heavy atom. The molecule has 1 saturated heterocycles. The molecule has 2 atom stereocenters. The summed E-state index contributed by atoms with van der Waals surface area (Å²) in [5.74, 6) is 2.47. The summed E-state index contributed by atoms with van der Waals surface area (Å²) in [7, 11) is 3.84. The monoisotopic (exact) mass is 304 g/mol. The van der Waals surface area contributed by atoms with E-state index in [0.29, 0.717) is 17.3 Å². The molecular formula is C16H28N6. The fourth-order valence-electron chi connectivity index (χ4n) is 4.12. The third-order valence-corrected chi connectivity index (χ3v) is 5.64. The number of nitrogens with zero attached hydrogens (tertiary/aromatic N) is 5. The number of hydrogen-bond donors (Lipinski definition) is 1. The fraction of sp³-hybridized carbons (Fsp3) is 0.812. The van der Waals surface area contributed by atoms with Gasteiger partial charge in [0.1, 0.15) is 5.82 Å². The third-order valence-electron chi connectivity index (χ3n) is 5.64. The molecule has 0 amide bonds. The van der Waals surface area contributed by atoms with Crippen LogP contribution in [0.5, 0.6) is 0 Å². The molecule has 1 aromatic rings. The molecule has 2 aliphatic rings. The number of nitrogen functional groups attached to an aromatic ring is 1. The van der Waals surface area contributed by atoms with Crippen LogP contribution in [0.1, 0.15) is 45.9 Å². The van der Waals surface area contributed by atoms with Crippen molar-refractivity contribution < 1.29 is 0 Å². The SMILES string of the molecule is CN(C)c1nc(N)nc(CN2C[C@]3(C)CC[C@@H](C3)C2(C)C)n1. The van der Waals surface area contributed by atoms with E-state index < -0.39 is 0 Å². The van der Waals surface area contributed by atoms with E-state index in [1.54, 1.807) is 0 Å². The summed E-state index contributed by atoms with van der Waals surface area (Å²) in [6.07, 6.45) is 4.01. The summed E-state index contributed by atoms with van der Waals surface area (Å²) in [4.78, 5) is 17.5. The first-order valence-electron chi connectivity index (χ1n) is 8.12. The first-order chi connectivity index (χ1) is 10.2. The maximum absolute atomic E-state index is 5.86. The van der Waals surface area contributed by atoms with Crippen molar-refractivity contribution in [1.82, 2.24) is 19.9 Å². The molecule has 1 aliphatic carbocycles. The number of aromatic nitrogens is 3. The number of likely N-dealkylation sites (tertiary alicyclic amines) is 1. The van der Waals surface area contributed by atoms with Gasteiger partial charge in [-0.3, -0.25) is 4.90 Å². The second-order valence-corrected chi connectivity index (χ2v) is 8.06. The van der Waals surface area contributed by atoms with Gasteiger partial charge in [-0.25, -0.2) is 0 Å². The van der Waals surface area contributed by atoms with Gasteiger partial charge in [-0.05, 0) is 44.4 Å². The van der Waals surface area contributed by atoms with Crippen LogP contribution in [0.3, 0.4) is 0 Å². The molecule has 2 heterocycles. The van der Waals surface area contributed by atoms with E-state index in [0.717, 1.165) is 24.8 Å². The molecule has 1 aromatic heterocycles. The van der Waals surface area contributed by atoms with Crippen LogP contribution in [0.4, 0.5) is 11.9 Å². The molecule has 0 unspecified atom stereocenters. The van der Waals surface area contributed by atoms with Crippen molar-refractivity contribution in [3.63, 3.8) is 0 Å². The van der Waals surface area contributed by atoms with Gasteiger partial charge >= 0.3 is 0 Å². The molecule has 3 rings (SSSR count). The first kappa shape index (κ1) is 15.5. The molecule has 0 aromatic carbocycles. The summed E-state index contributed by atoms with van der Waals surface area (Å²) in [6, 6.07) is 0. The second-order valence-electron chi connectivity index (χ2n) is 8.06. The Bertz CT molecular complexity index is 570. The average Bonchev–Trinajstić information content (AvgIpc) is 2.76. The minimum Gasteiger partial charge on any atom is -0.368 e. The Hall–Kier alpha value is -1.43. The molecule has 6 heteroatoms. The van der Waals surface area contributed by atoms with Crippen molar-refractivity contribution in [3.8, 4) is 0 Å². The molecule has 2 N–H and O–H groups in total. The van der Waals surface area contributed by atoms with Crippen molar-refractivity contribution >= 4 is 11.9 Å². The number of piperidine rings is 1. The highest BCUT2D eigenvalue weighted by atomic mass is 15.3. The van der Waals surface area contributed by atoms with E-state index >= 15 is 0 Å². The third kappa shape index (κ3) is 2.64. The largest absolute Gasteiger partial charge is 0.368 e. The highest BCUT2D eigenvalue weighted by Gasteiger charge is 2.51. The van der Waals surface area contributed by atoms with Gasteiger partial charge < -0.3 is 10.6 Å². The van der Waals surface area contributed by atoms with Crippen molar-refractivity contribution in [2.24, 2.45) is 11.3 Å². The van der Waals surface area contributed by atoms with Gasteiger partial charge in [-0.15, -0.1) is 0 Å². The standard InChI is InChI=1S/C16H28N6/c1-15(2)11-6-7-16(3,8-11)10-22(15)9-12-18-13(17)20-14(19-12)21(4)5/h11H,6-10H2,1-5H3,(H2,17,18,19,20)/t11-,16+/m0/s1. The van der Waals surface area contributed by atoms with Gasteiger partial charge in [0.15, 0.2) is 0 Å². The molecule has 1 aliphatic heterocycles. The molecular weight excluding hydrogens is 276 g/mol. The van der Waals surface area contributed by atoms with Crippen molar-refractivity contribution in [1.29, 1.82) is 0 Å². The predicted octanol–water partition coefficient (Wildman–Crippen LogP) is 1.92. The summed E-state index contributed by atoms with van der Waals surface area (Å²) >= 11 is 0. The number of nitrogens with two attached hydrogens (primary N) is 1. The Morgan fingerprint density at radius 2 is 1.95 bits per heavy atom. The minimum atomic E-state index is 0.190. The Balaban J connectivity index is 1.86. The predicted molar refractivity (Wildman–Crippen MR) is 88.5 cm³/mol. The van der Waals surface area contributed by atoms with Gasteiger partial charge in [-0.1, -0.05) is 6.92 Å². The van der Waals surface area contributed by atoms with E-state index in [2.05, 4.69) is 40.6 Å². The van der Waals surface area contributed by atoms with Crippen LogP contribution >= 0.6 is 0 Å². The molecule has 6 nitrogen and oxygen atoms in total. The minimum absolute atomic E-state index is 0.190. The zero-order valence-electron chi connectivity index (χ0n) is 14.4. The first-order valence-corrected chi connectivity index (χ1v) is 8.12. The Kier molecular flexibility index (Phi) is 3.55. The summed E-state index contributed by atoms with van der Waals surface area (Å²) in [5.41, 5.74) is 6.49. The summed E-state index contributed by atoms with van der Waals surface area (Å²) in [5, 5.41) is 0. The maximum atomic E-state index is 5.86.